The lowest BCUT2D eigenvalue weighted by atomic mass is 10.2. The molecule has 76 valence electrons. The monoisotopic (exact) mass is 203 g/mol. The molecule has 0 saturated heterocycles. The second kappa shape index (κ2) is 2.73. The van der Waals surface area contributed by atoms with E-state index in [2.05, 4.69) is 10.3 Å². The summed E-state index contributed by atoms with van der Waals surface area (Å²) in [5.41, 5.74) is 1.35. The third-order valence-corrected chi connectivity index (χ3v) is 2.64. The number of H-pyrrole nitrogens is 1. The van der Waals surface area contributed by atoms with Crippen LogP contribution in [0, 0.1) is 0 Å². The van der Waals surface area contributed by atoms with Gasteiger partial charge in [0.1, 0.15) is 0 Å². The first-order valence-corrected chi connectivity index (χ1v) is 4.77. The van der Waals surface area contributed by atoms with E-state index in [1.54, 1.807) is 6.07 Å². The zero-order valence-electron chi connectivity index (χ0n) is 7.91. The fraction of sp³-hybridized carbons (Fsp3) is 0.200. The largest absolute Gasteiger partial charge is 0.381 e. The molecule has 0 saturated carbocycles. The number of rotatable bonds is 0. The van der Waals surface area contributed by atoms with Gasteiger partial charge in [-0.15, -0.1) is 0 Å². The molecule has 2 N–H and O–H groups in total. The van der Waals surface area contributed by atoms with E-state index in [0.717, 1.165) is 11.2 Å². The number of hydrogen-bond acceptors (Lipinski definition) is 3. The average Bonchev–Trinajstić information content (AvgIpc) is 2.26. The van der Waals surface area contributed by atoms with Gasteiger partial charge in [-0.1, -0.05) is 6.07 Å². The van der Waals surface area contributed by atoms with Crippen molar-refractivity contribution >= 4 is 16.7 Å². The number of anilines is 1. The minimum atomic E-state index is -0.554. The van der Waals surface area contributed by atoms with Crippen molar-refractivity contribution < 1.29 is 0 Å². The molecule has 1 aromatic heterocycles. The molecule has 0 radical (unpaired) electrons. The van der Waals surface area contributed by atoms with Crippen molar-refractivity contribution in [3.63, 3.8) is 0 Å². The highest BCUT2D eigenvalue weighted by Gasteiger charge is 2.14. The van der Waals surface area contributed by atoms with Crippen molar-refractivity contribution in [2.24, 2.45) is 0 Å². The quantitative estimate of drug-likeness (QED) is 0.597. The Morgan fingerprint density at radius 1 is 1.27 bits per heavy atom. The van der Waals surface area contributed by atoms with E-state index in [-0.39, 0.29) is 0 Å². The molecule has 0 unspecified atom stereocenters. The van der Waals surface area contributed by atoms with Crippen molar-refractivity contribution in [3.8, 4) is 0 Å². The van der Waals surface area contributed by atoms with Gasteiger partial charge >= 0.3 is 11.1 Å². The summed E-state index contributed by atoms with van der Waals surface area (Å²) in [6, 6.07) is 5.54. The lowest BCUT2D eigenvalue weighted by Crippen LogP contribution is -2.39. The molecule has 0 amide bonds. The second-order valence-corrected chi connectivity index (χ2v) is 3.54. The lowest BCUT2D eigenvalue weighted by Gasteiger charge is -2.19. The van der Waals surface area contributed by atoms with Gasteiger partial charge in [-0.05, 0) is 12.1 Å². The molecule has 0 fully saturated rings. The third kappa shape index (κ3) is 1.03. The van der Waals surface area contributed by atoms with Gasteiger partial charge in [0, 0.05) is 13.1 Å². The minimum Gasteiger partial charge on any atom is -0.381 e. The number of aromatic amines is 1. The van der Waals surface area contributed by atoms with E-state index in [1.165, 1.54) is 4.57 Å². The summed E-state index contributed by atoms with van der Waals surface area (Å²) < 4.78 is 1.53. The van der Waals surface area contributed by atoms with E-state index in [0.29, 0.717) is 18.6 Å². The van der Waals surface area contributed by atoms with Crippen molar-refractivity contribution in [2.45, 2.75) is 6.54 Å². The Kier molecular flexibility index (Phi) is 1.50. The van der Waals surface area contributed by atoms with Crippen LogP contribution >= 0.6 is 0 Å². The van der Waals surface area contributed by atoms with Crippen LogP contribution in [0.1, 0.15) is 0 Å². The van der Waals surface area contributed by atoms with Crippen LogP contribution in [-0.4, -0.2) is 16.1 Å². The number of hydrogen-bond donors (Lipinski definition) is 2. The number of benzene rings is 1. The number of para-hydroxylation sites is 1. The normalized spacial score (nSPS) is 13.9. The predicted molar refractivity (Wildman–Crippen MR) is 57.3 cm³/mol. The summed E-state index contributed by atoms with van der Waals surface area (Å²) in [6.45, 7) is 1.21. The maximum Gasteiger partial charge on any atom is 0.316 e. The van der Waals surface area contributed by atoms with Gasteiger partial charge in [-0.3, -0.25) is 14.2 Å². The molecule has 1 aliphatic rings. The topological polar surface area (TPSA) is 66.9 Å². The molecule has 15 heavy (non-hydrogen) atoms. The molecular formula is C10H9N3O2. The SMILES string of the molecule is O=c1[nH]c2cccc3c2n(c1=O)CCN3. The van der Waals surface area contributed by atoms with Gasteiger partial charge < -0.3 is 10.3 Å². The summed E-state index contributed by atoms with van der Waals surface area (Å²) in [7, 11) is 0. The molecule has 3 rings (SSSR count). The Hall–Kier alpha value is -2.04. The van der Waals surface area contributed by atoms with Gasteiger partial charge in [0.05, 0.1) is 16.7 Å². The van der Waals surface area contributed by atoms with Gasteiger partial charge in [-0.25, -0.2) is 0 Å². The molecule has 1 aromatic carbocycles. The number of nitrogens with zero attached hydrogens (tertiary/aromatic N) is 1. The van der Waals surface area contributed by atoms with Crippen LogP contribution < -0.4 is 16.4 Å². The molecule has 0 spiro atoms. The third-order valence-electron chi connectivity index (χ3n) is 2.64. The molecule has 5 heteroatoms. The highest BCUT2D eigenvalue weighted by Crippen LogP contribution is 2.21. The Balaban J connectivity index is 2.63. The summed E-state index contributed by atoms with van der Waals surface area (Å²) in [4.78, 5) is 25.5. The van der Waals surface area contributed by atoms with Gasteiger partial charge in [0.15, 0.2) is 0 Å². The van der Waals surface area contributed by atoms with E-state index in [9.17, 15) is 9.59 Å². The van der Waals surface area contributed by atoms with Crippen molar-refractivity contribution in [3.05, 3.63) is 38.9 Å². The van der Waals surface area contributed by atoms with E-state index in [1.807, 2.05) is 12.1 Å². The van der Waals surface area contributed by atoms with Gasteiger partial charge in [0.25, 0.3) is 0 Å². The van der Waals surface area contributed by atoms with E-state index in [4.69, 9.17) is 0 Å². The predicted octanol–water partition coefficient (Wildman–Crippen LogP) is 0.115. The summed E-state index contributed by atoms with van der Waals surface area (Å²) in [5.74, 6) is 0. The number of aromatic nitrogens is 2. The van der Waals surface area contributed by atoms with Crippen LogP contribution in [-0.2, 0) is 6.54 Å². The van der Waals surface area contributed by atoms with Crippen molar-refractivity contribution in [2.75, 3.05) is 11.9 Å². The standard InChI is InChI=1S/C10H9N3O2/c14-9-10(15)13-5-4-11-6-2-1-3-7(12-9)8(6)13/h1-3,11H,4-5H2,(H,12,14). The van der Waals surface area contributed by atoms with E-state index < -0.39 is 11.1 Å². The molecule has 0 atom stereocenters. The molecule has 2 aromatic rings. The number of nitrogens with one attached hydrogen (secondary N) is 2. The molecular weight excluding hydrogens is 194 g/mol. The molecule has 5 nitrogen and oxygen atoms in total. The lowest BCUT2D eigenvalue weighted by molar-refractivity contribution is 0.699. The second-order valence-electron chi connectivity index (χ2n) is 3.54. The first kappa shape index (κ1) is 8.28. The first-order chi connectivity index (χ1) is 7.27. The van der Waals surface area contributed by atoms with E-state index >= 15 is 0 Å². The Bertz CT molecular complexity index is 654. The molecule has 2 heterocycles. The van der Waals surface area contributed by atoms with Crippen LogP contribution in [0.25, 0.3) is 11.0 Å². The Labute approximate surface area is 84.4 Å². The minimum absolute atomic E-state index is 0.476. The van der Waals surface area contributed by atoms with Crippen LogP contribution in [0.5, 0.6) is 0 Å². The summed E-state index contributed by atoms with van der Waals surface area (Å²) in [5, 5.41) is 3.19. The Morgan fingerprint density at radius 2 is 2.13 bits per heavy atom. The highest BCUT2D eigenvalue weighted by molar-refractivity contribution is 5.88. The Morgan fingerprint density at radius 3 is 3.00 bits per heavy atom. The average molecular weight is 203 g/mol. The smallest absolute Gasteiger partial charge is 0.316 e. The van der Waals surface area contributed by atoms with Gasteiger partial charge in [0.2, 0.25) is 0 Å². The molecule has 0 aliphatic carbocycles. The van der Waals surface area contributed by atoms with Crippen molar-refractivity contribution in [1.29, 1.82) is 0 Å². The summed E-state index contributed by atoms with van der Waals surface area (Å²) in [6.07, 6.45) is 0. The van der Waals surface area contributed by atoms with Crippen LogP contribution in [0.3, 0.4) is 0 Å². The maximum absolute atomic E-state index is 11.6. The highest BCUT2D eigenvalue weighted by atomic mass is 16.2. The molecule has 0 bridgehead atoms. The van der Waals surface area contributed by atoms with Crippen molar-refractivity contribution in [1.82, 2.24) is 9.55 Å². The fourth-order valence-corrected chi connectivity index (χ4v) is 1.99. The zero-order chi connectivity index (χ0) is 10.4. The molecule has 1 aliphatic heterocycles. The zero-order valence-corrected chi connectivity index (χ0v) is 7.91. The van der Waals surface area contributed by atoms with Crippen LogP contribution in [0.4, 0.5) is 5.69 Å². The maximum atomic E-state index is 11.6. The fourth-order valence-electron chi connectivity index (χ4n) is 1.99. The summed E-state index contributed by atoms with van der Waals surface area (Å²) >= 11 is 0. The van der Waals surface area contributed by atoms with Crippen LogP contribution in [0.2, 0.25) is 0 Å². The first-order valence-electron chi connectivity index (χ1n) is 4.77. The van der Waals surface area contributed by atoms with Crippen LogP contribution in [0.15, 0.2) is 27.8 Å². The van der Waals surface area contributed by atoms with Gasteiger partial charge in [-0.2, -0.15) is 0 Å².